The van der Waals surface area contributed by atoms with Gasteiger partial charge in [0.15, 0.2) is 5.44 Å². The summed E-state index contributed by atoms with van der Waals surface area (Å²) < 4.78 is 5.41. The summed E-state index contributed by atoms with van der Waals surface area (Å²) in [6, 6.07) is 15.9. The summed E-state index contributed by atoms with van der Waals surface area (Å²) in [7, 11) is 0. The molecule has 0 fully saturated rings. The van der Waals surface area contributed by atoms with Crippen molar-refractivity contribution < 1.29 is 9.53 Å². The van der Waals surface area contributed by atoms with Crippen LogP contribution in [0.15, 0.2) is 53.4 Å². The molecule has 1 atom stereocenters. The second-order valence-electron chi connectivity index (χ2n) is 4.26. The summed E-state index contributed by atoms with van der Waals surface area (Å²) >= 11 is 1.56. The molecule has 18 heavy (non-hydrogen) atoms. The van der Waals surface area contributed by atoms with Crippen molar-refractivity contribution in [3.63, 3.8) is 0 Å². The molecule has 2 nitrogen and oxygen atoms in total. The lowest BCUT2D eigenvalue weighted by molar-refractivity contribution is 0.0522. The third kappa shape index (κ3) is 2.02. The summed E-state index contributed by atoms with van der Waals surface area (Å²) in [4.78, 5) is 12.9. The summed E-state index contributed by atoms with van der Waals surface area (Å²) in [5, 5.41) is 0. The highest BCUT2D eigenvalue weighted by Crippen LogP contribution is 2.42. The van der Waals surface area contributed by atoms with Crippen LogP contribution in [-0.4, -0.2) is 5.97 Å². The predicted octanol–water partition coefficient (Wildman–Crippen LogP) is 3.96. The number of cyclic esters (lactones) is 1. The van der Waals surface area contributed by atoms with E-state index in [9.17, 15) is 4.79 Å². The second-order valence-corrected chi connectivity index (χ2v) is 5.39. The molecule has 1 heterocycles. The van der Waals surface area contributed by atoms with E-state index in [-0.39, 0.29) is 11.4 Å². The topological polar surface area (TPSA) is 26.3 Å². The summed E-state index contributed by atoms with van der Waals surface area (Å²) in [5.41, 5.74) is 2.52. The molecular weight excluding hydrogens is 244 g/mol. The highest BCUT2D eigenvalue weighted by atomic mass is 32.2. The van der Waals surface area contributed by atoms with Gasteiger partial charge in [-0.15, -0.1) is 0 Å². The molecule has 2 aromatic carbocycles. The largest absolute Gasteiger partial charge is 0.442 e. The molecule has 90 valence electrons. The number of ether oxygens (including phenoxy) is 1. The summed E-state index contributed by atoms with van der Waals surface area (Å²) in [6.45, 7) is 1.98. The van der Waals surface area contributed by atoms with Crippen LogP contribution in [0.2, 0.25) is 0 Å². The van der Waals surface area contributed by atoms with E-state index in [2.05, 4.69) is 0 Å². The smallest absolute Gasteiger partial charge is 0.340 e. The Bertz CT molecular complexity index is 593. The molecule has 0 radical (unpaired) electrons. The minimum Gasteiger partial charge on any atom is -0.442 e. The first-order chi connectivity index (χ1) is 8.74. The Hall–Kier alpha value is -1.74. The van der Waals surface area contributed by atoms with Gasteiger partial charge in [0.05, 0.1) is 5.56 Å². The third-order valence-electron chi connectivity index (χ3n) is 2.88. The van der Waals surface area contributed by atoms with Gasteiger partial charge in [0.25, 0.3) is 0 Å². The molecule has 0 N–H and O–H groups in total. The van der Waals surface area contributed by atoms with Gasteiger partial charge in [-0.1, -0.05) is 47.7 Å². The Kier molecular flexibility index (Phi) is 2.84. The predicted molar refractivity (Wildman–Crippen MR) is 71.6 cm³/mol. The van der Waals surface area contributed by atoms with Crippen LogP contribution in [0.3, 0.4) is 0 Å². The number of thioether (sulfide) groups is 1. The molecule has 0 aliphatic carbocycles. The zero-order valence-electron chi connectivity index (χ0n) is 9.92. The fraction of sp³-hybridized carbons (Fsp3) is 0.133. The first-order valence-electron chi connectivity index (χ1n) is 5.77. The van der Waals surface area contributed by atoms with Crippen LogP contribution in [-0.2, 0) is 4.74 Å². The molecule has 0 saturated carbocycles. The molecule has 0 spiro atoms. The van der Waals surface area contributed by atoms with Gasteiger partial charge < -0.3 is 4.74 Å². The SMILES string of the molecule is Cc1ccc2c(c1)C(=O)OC2Sc1ccccc1. The average molecular weight is 256 g/mol. The minimum atomic E-state index is -0.226. The molecule has 3 rings (SSSR count). The van der Waals surface area contributed by atoms with Crippen LogP contribution in [0.5, 0.6) is 0 Å². The number of esters is 1. The lowest BCUT2D eigenvalue weighted by atomic mass is 10.1. The van der Waals surface area contributed by atoms with Crippen molar-refractivity contribution in [2.24, 2.45) is 0 Å². The number of aryl methyl sites for hydroxylation is 1. The maximum Gasteiger partial charge on any atom is 0.340 e. The van der Waals surface area contributed by atoms with E-state index in [0.717, 1.165) is 16.0 Å². The summed E-state index contributed by atoms with van der Waals surface area (Å²) in [5.74, 6) is -0.220. The zero-order valence-corrected chi connectivity index (χ0v) is 10.7. The van der Waals surface area contributed by atoms with Gasteiger partial charge in [-0.05, 0) is 25.1 Å². The van der Waals surface area contributed by atoms with E-state index < -0.39 is 0 Å². The van der Waals surface area contributed by atoms with Crippen LogP contribution in [0.25, 0.3) is 0 Å². The van der Waals surface area contributed by atoms with Gasteiger partial charge >= 0.3 is 5.97 Å². The van der Waals surface area contributed by atoms with Gasteiger partial charge in [0.2, 0.25) is 0 Å². The average Bonchev–Trinajstić information content (AvgIpc) is 2.67. The molecule has 1 aliphatic rings. The van der Waals surface area contributed by atoms with E-state index in [1.165, 1.54) is 0 Å². The zero-order chi connectivity index (χ0) is 12.5. The number of carbonyl (C=O) groups excluding carboxylic acids is 1. The van der Waals surface area contributed by atoms with E-state index >= 15 is 0 Å². The van der Waals surface area contributed by atoms with Crippen molar-refractivity contribution in [1.29, 1.82) is 0 Å². The normalized spacial score (nSPS) is 17.4. The van der Waals surface area contributed by atoms with Gasteiger partial charge in [0, 0.05) is 10.5 Å². The maximum absolute atomic E-state index is 11.8. The molecule has 0 amide bonds. The Morgan fingerprint density at radius 3 is 2.67 bits per heavy atom. The van der Waals surface area contributed by atoms with Crippen molar-refractivity contribution >= 4 is 17.7 Å². The number of hydrogen-bond donors (Lipinski definition) is 0. The number of rotatable bonds is 2. The highest BCUT2D eigenvalue weighted by molar-refractivity contribution is 7.99. The number of fused-ring (bicyclic) bond motifs is 1. The van der Waals surface area contributed by atoms with Gasteiger partial charge in [-0.25, -0.2) is 4.79 Å². The number of benzene rings is 2. The molecule has 1 aliphatic heterocycles. The highest BCUT2D eigenvalue weighted by Gasteiger charge is 2.31. The molecular formula is C15H12O2S. The third-order valence-corrected chi connectivity index (χ3v) is 3.99. The first kappa shape index (κ1) is 11.4. The van der Waals surface area contributed by atoms with Gasteiger partial charge in [-0.3, -0.25) is 0 Å². The van der Waals surface area contributed by atoms with Crippen molar-refractivity contribution in [2.45, 2.75) is 17.3 Å². The lowest BCUT2D eigenvalue weighted by Crippen LogP contribution is -1.94. The van der Waals surface area contributed by atoms with E-state index in [4.69, 9.17) is 4.74 Å². The standard InChI is InChI=1S/C15H12O2S/c1-10-7-8-12-13(9-10)14(16)17-15(12)18-11-5-3-2-4-6-11/h2-9,15H,1H3. The fourth-order valence-corrected chi connectivity index (χ4v) is 3.02. The lowest BCUT2D eigenvalue weighted by Gasteiger charge is -2.09. The monoisotopic (exact) mass is 256 g/mol. The van der Waals surface area contributed by atoms with Crippen LogP contribution in [0.1, 0.15) is 26.9 Å². The van der Waals surface area contributed by atoms with Crippen LogP contribution >= 0.6 is 11.8 Å². The molecule has 0 aromatic heterocycles. The van der Waals surface area contributed by atoms with E-state index in [1.807, 2.05) is 55.5 Å². The van der Waals surface area contributed by atoms with Crippen molar-refractivity contribution in [3.8, 4) is 0 Å². The van der Waals surface area contributed by atoms with E-state index in [0.29, 0.717) is 5.56 Å². The molecule has 0 saturated heterocycles. The summed E-state index contributed by atoms with van der Waals surface area (Å²) in [6.07, 6.45) is 0. The van der Waals surface area contributed by atoms with Crippen molar-refractivity contribution in [2.75, 3.05) is 0 Å². The quantitative estimate of drug-likeness (QED) is 0.761. The Morgan fingerprint density at radius 2 is 1.89 bits per heavy atom. The molecule has 0 bridgehead atoms. The molecule has 2 aromatic rings. The number of carbonyl (C=O) groups is 1. The first-order valence-corrected chi connectivity index (χ1v) is 6.65. The Balaban J connectivity index is 1.91. The minimum absolute atomic E-state index is 0.220. The van der Waals surface area contributed by atoms with E-state index in [1.54, 1.807) is 11.8 Å². The van der Waals surface area contributed by atoms with Gasteiger partial charge in [0.1, 0.15) is 0 Å². The van der Waals surface area contributed by atoms with Crippen molar-refractivity contribution in [1.82, 2.24) is 0 Å². The van der Waals surface area contributed by atoms with Crippen molar-refractivity contribution in [3.05, 3.63) is 65.2 Å². The molecule has 1 unspecified atom stereocenters. The second kappa shape index (κ2) is 4.50. The molecule has 3 heteroatoms. The number of hydrogen-bond acceptors (Lipinski definition) is 3. The Labute approximate surface area is 110 Å². The maximum atomic E-state index is 11.8. The van der Waals surface area contributed by atoms with Crippen LogP contribution in [0, 0.1) is 6.92 Å². The van der Waals surface area contributed by atoms with Crippen LogP contribution < -0.4 is 0 Å². The fourth-order valence-electron chi connectivity index (χ4n) is 1.99. The van der Waals surface area contributed by atoms with Crippen LogP contribution in [0.4, 0.5) is 0 Å². The Morgan fingerprint density at radius 1 is 1.11 bits per heavy atom. The van der Waals surface area contributed by atoms with Gasteiger partial charge in [-0.2, -0.15) is 0 Å².